The third-order valence-corrected chi connectivity index (χ3v) is 2.50. The van der Waals surface area contributed by atoms with Gasteiger partial charge in [-0.3, -0.25) is 29.0 Å². The molecule has 0 aliphatic carbocycles. The highest BCUT2D eigenvalue weighted by molar-refractivity contribution is 5.73. The number of aliphatic carboxylic acids is 4. The molecule has 0 bridgehead atoms. The Morgan fingerprint density at radius 1 is 0.615 bits per heavy atom. The van der Waals surface area contributed by atoms with Crippen LogP contribution in [0.2, 0.25) is 0 Å². The van der Waals surface area contributed by atoms with E-state index >= 15 is 0 Å². The summed E-state index contributed by atoms with van der Waals surface area (Å²) in [4.78, 5) is 54.0. The molecule has 4 N–H and O–H groups in total. The fraction of sp³-hybridized carbons (Fsp3) is 0.571. The SMILES string of the molecule is C=C.O=C(O)CN(CCOOCCN(CC(=O)O)CC(=O)O)CC(=O)O. The lowest BCUT2D eigenvalue weighted by atomic mass is 10.4. The smallest absolute Gasteiger partial charge is 0.317 e. The first kappa shape index (κ1) is 25.7. The molecule has 0 saturated heterocycles. The summed E-state index contributed by atoms with van der Waals surface area (Å²) >= 11 is 0. The average Bonchev–Trinajstić information content (AvgIpc) is 2.50. The van der Waals surface area contributed by atoms with E-state index in [2.05, 4.69) is 13.2 Å². The zero-order valence-corrected chi connectivity index (χ0v) is 14.2. The van der Waals surface area contributed by atoms with Crippen molar-refractivity contribution in [1.82, 2.24) is 9.80 Å². The van der Waals surface area contributed by atoms with Crippen LogP contribution in [-0.2, 0) is 29.0 Å². The summed E-state index contributed by atoms with van der Waals surface area (Å²) in [6, 6.07) is 0. The van der Waals surface area contributed by atoms with Crippen LogP contribution in [0, 0.1) is 0 Å². The molecule has 0 aromatic rings. The number of rotatable bonds is 15. The van der Waals surface area contributed by atoms with Crippen molar-refractivity contribution in [2.75, 3.05) is 52.5 Å². The van der Waals surface area contributed by atoms with Gasteiger partial charge < -0.3 is 20.4 Å². The molecule has 0 saturated carbocycles. The third-order valence-electron chi connectivity index (χ3n) is 2.50. The lowest BCUT2D eigenvalue weighted by Gasteiger charge is -2.18. The summed E-state index contributed by atoms with van der Waals surface area (Å²) < 4.78 is 0. The first-order valence-corrected chi connectivity index (χ1v) is 7.27. The van der Waals surface area contributed by atoms with Gasteiger partial charge in [-0.05, 0) is 0 Å². The van der Waals surface area contributed by atoms with E-state index in [0.29, 0.717) is 0 Å². The van der Waals surface area contributed by atoms with Gasteiger partial charge in [-0.1, -0.05) is 0 Å². The lowest BCUT2D eigenvalue weighted by Crippen LogP contribution is -2.38. The number of nitrogens with zero attached hydrogens (tertiary/aromatic N) is 2. The van der Waals surface area contributed by atoms with Crippen molar-refractivity contribution in [3.8, 4) is 0 Å². The Morgan fingerprint density at radius 2 is 0.846 bits per heavy atom. The number of hydrogen-bond donors (Lipinski definition) is 4. The second kappa shape index (κ2) is 16.0. The third kappa shape index (κ3) is 17.8. The van der Waals surface area contributed by atoms with Crippen LogP contribution in [0.1, 0.15) is 0 Å². The van der Waals surface area contributed by atoms with Crippen LogP contribution in [0.3, 0.4) is 0 Å². The van der Waals surface area contributed by atoms with Gasteiger partial charge in [-0.2, -0.15) is 0 Å². The van der Waals surface area contributed by atoms with E-state index in [0.717, 1.165) is 9.80 Å². The Bertz CT molecular complexity index is 385. The van der Waals surface area contributed by atoms with Crippen LogP contribution in [0.25, 0.3) is 0 Å². The van der Waals surface area contributed by atoms with Gasteiger partial charge in [-0.15, -0.1) is 13.2 Å². The highest BCUT2D eigenvalue weighted by Gasteiger charge is 2.14. The van der Waals surface area contributed by atoms with E-state index in [-0.39, 0.29) is 26.3 Å². The van der Waals surface area contributed by atoms with Crippen LogP contribution in [0.5, 0.6) is 0 Å². The van der Waals surface area contributed by atoms with Gasteiger partial charge >= 0.3 is 23.9 Å². The van der Waals surface area contributed by atoms with E-state index in [1.54, 1.807) is 0 Å². The maximum Gasteiger partial charge on any atom is 0.317 e. The summed E-state index contributed by atoms with van der Waals surface area (Å²) in [7, 11) is 0. The Kier molecular flexibility index (Phi) is 15.8. The van der Waals surface area contributed by atoms with Gasteiger partial charge in [0, 0.05) is 13.1 Å². The minimum atomic E-state index is -1.19. The van der Waals surface area contributed by atoms with Gasteiger partial charge in [0.2, 0.25) is 0 Å². The minimum Gasteiger partial charge on any atom is -0.480 e. The topological polar surface area (TPSA) is 174 Å². The Labute approximate surface area is 149 Å². The van der Waals surface area contributed by atoms with Gasteiger partial charge in [0.05, 0.1) is 39.4 Å². The van der Waals surface area contributed by atoms with Crippen molar-refractivity contribution in [3.63, 3.8) is 0 Å². The minimum absolute atomic E-state index is 0.00737. The molecule has 26 heavy (non-hydrogen) atoms. The highest BCUT2D eigenvalue weighted by atomic mass is 17.2. The first-order chi connectivity index (χ1) is 12.2. The largest absolute Gasteiger partial charge is 0.480 e. The van der Waals surface area contributed by atoms with Crippen molar-refractivity contribution in [3.05, 3.63) is 13.2 Å². The van der Waals surface area contributed by atoms with E-state index in [9.17, 15) is 19.2 Å². The van der Waals surface area contributed by atoms with Crippen LogP contribution in [0.4, 0.5) is 0 Å². The average molecular weight is 380 g/mol. The quantitative estimate of drug-likeness (QED) is 0.114. The van der Waals surface area contributed by atoms with E-state index in [4.69, 9.17) is 30.2 Å². The van der Waals surface area contributed by atoms with Crippen LogP contribution in [-0.4, -0.2) is 107 Å². The molecule has 0 aliphatic heterocycles. The van der Waals surface area contributed by atoms with E-state index < -0.39 is 50.1 Å². The van der Waals surface area contributed by atoms with Crippen molar-refractivity contribution < 1.29 is 49.4 Å². The second-order valence-corrected chi connectivity index (χ2v) is 4.64. The number of carbonyl (C=O) groups is 4. The van der Waals surface area contributed by atoms with Gasteiger partial charge in [0.25, 0.3) is 0 Å². The normalized spacial score (nSPS) is 10.2. The molecule has 0 aromatic heterocycles. The number of carboxylic acids is 4. The zero-order valence-electron chi connectivity index (χ0n) is 14.2. The Hall–Kier alpha value is -2.54. The molecule has 12 heteroatoms. The van der Waals surface area contributed by atoms with Crippen molar-refractivity contribution in [1.29, 1.82) is 0 Å². The molecule has 0 unspecified atom stereocenters. The summed E-state index contributed by atoms with van der Waals surface area (Å²) in [5.41, 5.74) is 0. The summed E-state index contributed by atoms with van der Waals surface area (Å²) in [5, 5.41) is 34.5. The van der Waals surface area contributed by atoms with Crippen LogP contribution < -0.4 is 0 Å². The molecular weight excluding hydrogens is 356 g/mol. The second-order valence-electron chi connectivity index (χ2n) is 4.64. The van der Waals surface area contributed by atoms with Crippen molar-refractivity contribution in [2.45, 2.75) is 0 Å². The molecule has 0 heterocycles. The van der Waals surface area contributed by atoms with E-state index in [1.807, 2.05) is 0 Å². The number of hydrogen-bond acceptors (Lipinski definition) is 8. The molecule has 12 nitrogen and oxygen atoms in total. The molecule has 0 atom stereocenters. The summed E-state index contributed by atoms with van der Waals surface area (Å²) in [5.74, 6) is -4.74. The standard InChI is InChI=1S/C12H20N2O10.C2H4/c15-9(16)5-13(6-10(17)18)1-3-23-24-4-2-14(7-11(19)20)8-12(21)22;1-2/h1-8H2,(H,15,16)(H,17,18)(H,19,20)(H,21,22);1-2H2. The molecule has 0 spiro atoms. The lowest BCUT2D eigenvalue weighted by molar-refractivity contribution is -0.296. The molecular formula is C14H24N2O10. The fourth-order valence-electron chi connectivity index (χ4n) is 1.64. The molecule has 0 aliphatic rings. The van der Waals surface area contributed by atoms with Gasteiger partial charge in [-0.25, -0.2) is 9.78 Å². The molecule has 0 amide bonds. The zero-order chi connectivity index (χ0) is 20.5. The molecule has 0 fully saturated rings. The molecule has 0 rings (SSSR count). The van der Waals surface area contributed by atoms with Crippen molar-refractivity contribution in [2.24, 2.45) is 0 Å². The maximum atomic E-state index is 10.6. The van der Waals surface area contributed by atoms with Crippen molar-refractivity contribution >= 4 is 23.9 Å². The fourth-order valence-corrected chi connectivity index (χ4v) is 1.64. The van der Waals surface area contributed by atoms with Crippen LogP contribution >= 0.6 is 0 Å². The molecule has 0 radical (unpaired) electrons. The van der Waals surface area contributed by atoms with Gasteiger partial charge in [0.1, 0.15) is 0 Å². The van der Waals surface area contributed by atoms with Crippen LogP contribution in [0.15, 0.2) is 13.2 Å². The van der Waals surface area contributed by atoms with E-state index in [1.165, 1.54) is 0 Å². The maximum absolute atomic E-state index is 10.6. The predicted octanol–water partition coefficient (Wildman–Crippen LogP) is -1.32. The Morgan fingerprint density at radius 3 is 1.04 bits per heavy atom. The highest BCUT2D eigenvalue weighted by Crippen LogP contribution is 1.92. The summed E-state index contributed by atoms with van der Waals surface area (Å²) in [6.45, 7) is 3.87. The first-order valence-electron chi connectivity index (χ1n) is 7.27. The monoisotopic (exact) mass is 380 g/mol. The molecule has 0 aromatic carbocycles. The Balaban J connectivity index is 0. The van der Waals surface area contributed by atoms with Gasteiger partial charge in [0.15, 0.2) is 0 Å². The predicted molar refractivity (Wildman–Crippen MR) is 86.6 cm³/mol. The number of carboxylic acid groups (broad SMARTS) is 4. The molecule has 150 valence electrons. The summed E-state index contributed by atoms with van der Waals surface area (Å²) in [6.07, 6.45) is 0.